The van der Waals surface area contributed by atoms with Crippen LogP contribution in [0.4, 0.5) is 5.69 Å². The number of piperidine rings is 1. The number of thioether (sulfide) groups is 1. The Balaban J connectivity index is 2.07. The van der Waals surface area contributed by atoms with Gasteiger partial charge in [-0.3, -0.25) is 14.9 Å². The molecule has 1 fully saturated rings. The molecule has 0 bridgehead atoms. The van der Waals surface area contributed by atoms with Gasteiger partial charge in [0.25, 0.3) is 11.6 Å². The third kappa shape index (κ3) is 4.25. The quantitative estimate of drug-likeness (QED) is 0.350. The van der Waals surface area contributed by atoms with E-state index in [1.807, 2.05) is 0 Å². The first-order valence-corrected chi connectivity index (χ1v) is 8.98. The highest BCUT2D eigenvalue weighted by Gasteiger charge is 2.26. The number of ether oxygens (including phenoxy) is 1. The Morgan fingerprint density at radius 2 is 1.96 bits per heavy atom. The summed E-state index contributed by atoms with van der Waals surface area (Å²) in [5.74, 6) is -0.957. The van der Waals surface area contributed by atoms with Gasteiger partial charge < -0.3 is 9.64 Å². The van der Waals surface area contributed by atoms with Crippen molar-refractivity contribution < 1.29 is 19.2 Å². The smallest absolute Gasteiger partial charge is 0.339 e. The summed E-state index contributed by atoms with van der Waals surface area (Å²) >= 11 is 1.23. The minimum atomic E-state index is -0.908. The Labute approximate surface area is 144 Å². The highest BCUT2D eigenvalue weighted by molar-refractivity contribution is 7.98. The number of amides is 1. The second-order valence-corrected chi connectivity index (χ2v) is 6.43. The average molecular weight is 352 g/mol. The van der Waals surface area contributed by atoms with Gasteiger partial charge in [-0.25, -0.2) is 4.79 Å². The fraction of sp³-hybridized carbons (Fsp3) is 0.500. The number of hydrogen-bond acceptors (Lipinski definition) is 6. The normalized spacial score (nSPS) is 15.7. The molecule has 0 aliphatic carbocycles. The molecule has 1 aliphatic rings. The van der Waals surface area contributed by atoms with Crippen molar-refractivity contribution in [1.82, 2.24) is 4.90 Å². The van der Waals surface area contributed by atoms with Crippen molar-refractivity contribution in [2.75, 3.05) is 19.3 Å². The standard InChI is InChI=1S/C16H20N2O5S/c1-11(15(19)17-8-4-3-5-9-17)23-16(20)12-6-7-14(24-2)13(10-12)18(21)22/h6-7,10-11H,3-5,8-9H2,1-2H3/t11-/m0/s1. The van der Waals surface area contributed by atoms with Crippen LogP contribution >= 0.6 is 11.8 Å². The minimum Gasteiger partial charge on any atom is -0.449 e. The van der Waals surface area contributed by atoms with Crippen molar-refractivity contribution in [3.8, 4) is 0 Å². The Kier molecular flexibility index (Phi) is 6.19. The van der Waals surface area contributed by atoms with Gasteiger partial charge in [-0.1, -0.05) is 0 Å². The fourth-order valence-corrected chi connectivity index (χ4v) is 3.16. The Bertz CT molecular complexity index is 643. The van der Waals surface area contributed by atoms with Crippen LogP contribution in [0.5, 0.6) is 0 Å². The van der Waals surface area contributed by atoms with Gasteiger partial charge in [0.2, 0.25) is 0 Å². The van der Waals surface area contributed by atoms with Crippen molar-refractivity contribution in [1.29, 1.82) is 0 Å². The molecule has 1 saturated heterocycles. The van der Waals surface area contributed by atoms with Crippen LogP contribution in [0, 0.1) is 10.1 Å². The number of nitro groups is 1. The summed E-state index contributed by atoms with van der Waals surface area (Å²) in [5.41, 5.74) is -0.0789. The van der Waals surface area contributed by atoms with Crippen molar-refractivity contribution in [2.24, 2.45) is 0 Å². The molecule has 1 aromatic carbocycles. The predicted molar refractivity (Wildman–Crippen MR) is 90.2 cm³/mol. The number of nitrogens with zero attached hydrogens (tertiary/aromatic N) is 2. The zero-order valence-corrected chi connectivity index (χ0v) is 14.5. The van der Waals surface area contributed by atoms with E-state index in [-0.39, 0.29) is 17.2 Å². The molecule has 0 spiro atoms. The lowest BCUT2D eigenvalue weighted by atomic mass is 10.1. The van der Waals surface area contributed by atoms with Crippen LogP contribution in [0.15, 0.2) is 23.1 Å². The van der Waals surface area contributed by atoms with Crippen LogP contribution in [0.3, 0.4) is 0 Å². The molecule has 0 aromatic heterocycles. The summed E-state index contributed by atoms with van der Waals surface area (Å²) in [4.78, 5) is 37.2. The van der Waals surface area contributed by atoms with Crippen molar-refractivity contribution in [3.63, 3.8) is 0 Å². The molecule has 24 heavy (non-hydrogen) atoms. The second-order valence-electron chi connectivity index (χ2n) is 5.58. The summed E-state index contributed by atoms with van der Waals surface area (Å²) in [6.45, 7) is 2.88. The summed E-state index contributed by atoms with van der Waals surface area (Å²) in [6.07, 6.45) is 3.82. The number of benzene rings is 1. The summed E-state index contributed by atoms with van der Waals surface area (Å²) in [7, 11) is 0. The molecule has 0 radical (unpaired) electrons. The molecule has 1 aromatic rings. The van der Waals surface area contributed by atoms with Crippen molar-refractivity contribution >= 4 is 29.3 Å². The van der Waals surface area contributed by atoms with Gasteiger partial charge in [0, 0.05) is 19.2 Å². The Hall–Kier alpha value is -2.09. The number of likely N-dealkylation sites (tertiary alicyclic amines) is 1. The molecular formula is C16H20N2O5S. The molecule has 1 heterocycles. The third-order valence-corrected chi connectivity index (χ3v) is 4.70. The van der Waals surface area contributed by atoms with Crippen LogP contribution in [0.2, 0.25) is 0 Å². The molecule has 0 saturated carbocycles. The van der Waals surface area contributed by atoms with Crippen LogP contribution in [-0.4, -0.2) is 47.1 Å². The minimum absolute atomic E-state index is 0.0674. The molecule has 130 valence electrons. The second kappa shape index (κ2) is 8.14. The lowest BCUT2D eigenvalue weighted by Crippen LogP contribution is -2.42. The van der Waals surface area contributed by atoms with Gasteiger partial charge in [-0.15, -0.1) is 11.8 Å². The fourth-order valence-electron chi connectivity index (χ4n) is 2.61. The van der Waals surface area contributed by atoms with Crippen LogP contribution in [0.1, 0.15) is 36.5 Å². The summed E-state index contributed by atoms with van der Waals surface area (Å²) in [6, 6.07) is 4.17. The number of esters is 1. The summed E-state index contributed by atoms with van der Waals surface area (Å²) in [5, 5.41) is 11.1. The topological polar surface area (TPSA) is 89.8 Å². The lowest BCUT2D eigenvalue weighted by molar-refractivity contribution is -0.387. The maximum Gasteiger partial charge on any atom is 0.339 e. The highest BCUT2D eigenvalue weighted by Crippen LogP contribution is 2.28. The van der Waals surface area contributed by atoms with E-state index in [4.69, 9.17) is 4.74 Å². The molecule has 1 amide bonds. The zero-order chi connectivity index (χ0) is 17.7. The van der Waals surface area contributed by atoms with Gasteiger partial charge in [-0.05, 0) is 44.6 Å². The van der Waals surface area contributed by atoms with Gasteiger partial charge in [0.05, 0.1) is 15.4 Å². The maximum atomic E-state index is 12.3. The van der Waals surface area contributed by atoms with Gasteiger partial charge in [-0.2, -0.15) is 0 Å². The van der Waals surface area contributed by atoms with Crippen molar-refractivity contribution in [3.05, 3.63) is 33.9 Å². The number of carbonyl (C=O) groups is 2. The van der Waals surface area contributed by atoms with E-state index in [2.05, 4.69) is 0 Å². The van der Waals surface area contributed by atoms with Gasteiger partial charge >= 0.3 is 5.97 Å². The zero-order valence-electron chi connectivity index (χ0n) is 13.7. The number of hydrogen-bond donors (Lipinski definition) is 0. The van der Waals surface area contributed by atoms with Gasteiger partial charge in [0.1, 0.15) is 0 Å². The molecular weight excluding hydrogens is 332 g/mol. The third-order valence-electron chi connectivity index (χ3n) is 3.91. The average Bonchev–Trinajstić information content (AvgIpc) is 2.60. The number of nitro benzene ring substituents is 1. The Morgan fingerprint density at radius 3 is 2.54 bits per heavy atom. The van der Waals surface area contributed by atoms with Crippen LogP contribution < -0.4 is 0 Å². The molecule has 1 aliphatic heterocycles. The first-order valence-electron chi connectivity index (χ1n) is 7.76. The van der Waals surface area contributed by atoms with Crippen LogP contribution in [0.25, 0.3) is 0 Å². The lowest BCUT2D eigenvalue weighted by Gasteiger charge is -2.28. The maximum absolute atomic E-state index is 12.3. The first-order chi connectivity index (χ1) is 11.4. The molecule has 2 rings (SSSR count). The van der Waals surface area contributed by atoms with E-state index in [1.165, 1.54) is 36.9 Å². The van der Waals surface area contributed by atoms with Gasteiger partial charge in [0.15, 0.2) is 6.10 Å². The monoisotopic (exact) mass is 352 g/mol. The largest absolute Gasteiger partial charge is 0.449 e. The number of carbonyl (C=O) groups excluding carboxylic acids is 2. The highest BCUT2D eigenvalue weighted by atomic mass is 32.2. The number of rotatable bonds is 5. The summed E-state index contributed by atoms with van der Waals surface area (Å²) < 4.78 is 5.20. The van der Waals surface area contributed by atoms with E-state index in [0.717, 1.165) is 19.3 Å². The molecule has 1 atom stereocenters. The molecule has 7 nitrogen and oxygen atoms in total. The van der Waals surface area contributed by atoms with Crippen LogP contribution in [-0.2, 0) is 9.53 Å². The Morgan fingerprint density at radius 1 is 1.29 bits per heavy atom. The van der Waals surface area contributed by atoms with E-state index in [9.17, 15) is 19.7 Å². The van der Waals surface area contributed by atoms with E-state index < -0.39 is 17.0 Å². The van der Waals surface area contributed by atoms with E-state index >= 15 is 0 Å². The molecule has 0 N–H and O–H groups in total. The van der Waals surface area contributed by atoms with E-state index in [1.54, 1.807) is 11.2 Å². The first kappa shape index (κ1) is 18.3. The predicted octanol–water partition coefficient (Wildman–Crippen LogP) is 2.87. The molecule has 0 unspecified atom stereocenters. The SMILES string of the molecule is CSc1ccc(C(=O)O[C@@H](C)C(=O)N2CCCCC2)cc1[N+](=O)[O-]. The van der Waals surface area contributed by atoms with Crippen molar-refractivity contribution in [2.45, 2.75) is 37.2 Å². The van der Waals surface area contributed by atoms with E-state index in [0.29, 0.717) is 18.0 Å². The molecule has 8 heteroatoms.